The van der Waals surface area contributed by atoms with E-state index < -0.39 is 20.5 Å². The third-order valence-corrected chi connectivity index (χ3v) is 4.26. The minimum atomic E-state index is -3.45. The number of H-pyrrole nitrogens is 1. The number of nitrogens with zero attached hydrogens (tertiary/aromatic N) is 1. The van der Waals surface area contributed by atoms with Gasteiger partial charge in [0.2, 0.25) is 5.91 Å². The lowest BCUT2D eigenvalue weighted by Crippen LogP contribution is -2.43. The van der Waals surface area contributed by atoms with Crippen LogP contribution in [0.2, 0.25) is 0 Å². The predicted molar refractivity (Wildman–Crippen MR) is 56.1 cm³/mol. The Kier molecular flexibility index (Phi) is 2.85. The summed E-state index contributed by atoms with van der Waals surface area (Å²) in [7, 11) is -3.45. The number of carbonyl (C=O) groups excluding carboxylic acids is 1. The second kappa shape index (κ2) is 3.65. The number of rotatable bonds is 3. The number of aromatic amines is 1. The first-order valence-corrected chi connectivity index (χ1v) is 6.15. The van der Waals surface area contributed by atoms with Gasteiger partial charge in [-0.05, 0) is 13.8 Å². The summed E-state index contributed by atoms with van der Waals surface area (Å²) in [5.74, 6) is -0.217. The Bertz CT molecular complexity index is 447. The zero-order valence-corrected chi connectivity index (χ0v) is 9.55. The van der Waals surface area contributed by atoms with Crippen molar-refractivity contribution in [2.45, 2.75) is 18.6 Å². The lowest BCUT2D eigenvalue weighted by atomic mass is 10.2. The Hall–Kier alpha value is -1.37. The molecule has 0 saturated carbocycles. The van der Waals surface area contributed by atoms with Crippen molar-refractivity contribution in [1.82, 2.24) is 10.2 Å². The van der Waals surface area contributed by atoms with E-state index >= 15 is 0 Å². The Morgan fingerprint density at radius 2 is 2.13 bits per heavy atom. The number of anilines is 1. The first kappa shape index (κ1) is 11.7. The molecule has 0 aliphatic heterocycles. The molecule has 1 heterocycles. The Balaban J connectivity index is 2.87. The van der Waals surface area contributed by atoms with Gasteiger partial charge in [0.15, 0.2) is 9.84 Å². The van der Waals surface area contributed by atoms with Gasteiger partial charge in [-0.1, -0.05) is 0 Å². The maximum atomic E-state index is 11.6. The maximum absolute atomic E-state index is 11.6. The van der Waals surface area contributed by atoms with Crippen LogP contribution in [0, 0.1) is 0 Å². The van der Waals surface area contributed by atoms with Crippen LogP contribution in [0.1, 0.15) is 13.8 Å². The molecule has 6 nitrogen and oxygen atoms in total. The largest absolute Gasteiger partial charge is 0.310 e. The van der Waals surface area contributed by atoms with E-state index in [1.807, 2.05) is 0 Å². The van der Waals surface area contributed by atoms with E-state index in [-0.39, 0.29) is 0 Å². The predicted octanol–water partition coefficient (Wildman–Crippen LogP) is 0.171. The van der Waals surface area contributed by atoms with Crippen molar-refractivity contribution in [1.29, 1.82) is 0 Å². The molecule has 0 spiro atoms. The number of hydrogen-bond acceptors (Lipinski definition) is 4. The van der Waals surface area contributed by atoms with Crippen LogP contribution < -0.4 is 5.32 Å². The smallest absolute Gasteiger partial charge is 0.246 e. The molecule has 15 heavy (non-hydrogen) atoms. The first-order chi connectivity index (χ1) is 6.75. The molecular formula is C8H13N3O3S. The lowest BCUT2D eigenvalue weighted by molar-refractivity contribution is -0.117. The van der Waals surface area contributed by atoms with Gasteiger partial charge in [0.05, 0.1) is 6.20 Å². The van der Waals surface area contributed by atoms with Crippen molar-refractivity contribution in [3.05, 3.63) is 12.3 Å². The van der Waals surface area contributed by atoms with Crippen LogP contribution in [0.4, 0.5) is 5.82 Å². The van der Waals surface area contributed by atoms with Gasteiger partial charge in [-0.15, -0.1) is 0 Å². The van der Waals surface area contributed by atoms with Crippen molar-refractivity contribution < 1.29 is 13.2 Å². The molecule has 1 rings (SSSR count). The zero-order chi connectivity index (χ0) is 11.7. The molecule has 0 bridgehead atoms. The molecule has 0 aliphatic carbocycles. The summed E-state index contributed by atoms with van der Waals surface area (Å²) in [6, 6.07) is 1.54. The van der Waals surface area contributed by atoms with E-state index in [2.05, 4.69) is 15.5 Å². The van der Waals surface area contributed by atoms with Crippen molar-refractivity contribution in [3.8, 4) is 0 Å². The van der Waals surface area contributed by atoms with Gasteiger partial charge in [-0.3, -0.25) is 9.89 Å². The molecule has 0 saturated heterocycles. The summed E-state index contributed by atoms with van der Waals surface area (Å²) in [5.41, 5.74) is 0. The molecule has 0 aromatic carbocycles. The Morgan fingerprint density at radius 3 is 2.53 bits per heavy atom. The highest BCUT2D eigenvalue weighted by Crippen LogP contribution is 2.17. The Morgan fingerprint density at radius 1 is 1.53 bits per heavy atom. The number of carbonyl (C=O) groups is 1. The summed E-state index contributed by atoms with van der Waals surface area (Å²) in [6.07, 6.45) is 2.49. The molecule has 1 aromatic rings. The van der Waals surface area contributed by atoms with E-state index in [1.54, 1.807) is 0 Å². The molecule has 0 aliphatic rings. The van der Waals surface area contributed by atoms with Crippen LogP contribution in [0.25, 0.3) is 0 Å². The summed E-state index contributed by atoms with van der Waals surface area (Å²) >= 11 is 0. The zero-order valence-electron chi connectivity index (χ0n) is 8.73. The maximum Gasteiger partial charge on any atom is 0.246 e. The van der Waals surface area contributed by atoms with Gasteiger partial charge in [-0.25, -0.2) is 8.42 Å². The van der Waals surface area contributed by atoms with Crippen LogP contribution >= 0.6 is 0 Å². The minimum absolute atomic E-state index is 0.372. The van der Waals surface area contributed by atoms with Crippen LogP contribution in [0.5, 0.6) is 0 Å². The third kappa shape index (κ3) is 2.35. The van der Waals surface area contributed by atoms with Gasteiger partial charge in [0, 0.05) is 12.3 Å². The summed E-state index contributed by atoms with van der Waals surface area (Å²) in [6.45, 7) is 2.71. The fraction of sp³-hybridized carbons (Fsp3) is 0.500. The van der Waals surface area contributed by atoms with Crippen molar-refractivity contribution >= 4 is 21.6 Å². The topological polar surface area (TPSA) is 91.9 Å². The van der Waals surface area contributed by atoms with E-state index in [4.69, 9.17) is 0 Å². The molecule has 2 N–H and O–H groups in total. The highest BCUT2D eigenvalue weighted by molar-refractivity contribution is 7.92. The second-order valence-corrected chi connectivity index (χ2v) is 6.27. The van der Waals surface area contributed by atoms with Crippen LogP contribution in [0.3, 0.4) is 0 Å². The summed E-state index contributed by atoms with van der Waals surface area (Å²) < 4.78 is 21.2. The highest BCUT2D eigenvalue weighted by Gasteiger charge is 2.38. The number of hydrogen-bond donors (Lipinski definition) is 2. The molecule has 0 atom stereocenters. The Labute approximate surface area is 88.0 Å². The molecule has 1 aromatic heterocycles. The lowest BCUT2D eigenvalue weighted by Gasteiger charge is -2.20. The number of aromatic nitrogens is 2. The molecular weight excluding hydrogens is 218 g/mol. The van der Waals surface area contributed by atoms with E-state index in [0.717, 1.165) is 6.26 Å². The van der Waals surface area contributed by atoms with Gasteiger partial charge in [-0.2, -0.15) is 5.10 Å². The summed E-state index contributed by atoms with van der Waals surface area (Å²) in [5, 5.41) is 8.58. The molecule has 7 heteroatoms. The number of sulfone groups is 1. The van der Waals surface area contributed by atoms with Crippen LogP contribution in [-0.4, -0.2) is 35.5 Å². The number of amides is 1. The second-order valence-electron chi connectivity index (χ2n) is 3.71. The first-order valence-electron chi connectivity index (χ1n) is 4.25. The molecule has 1 amide bonds. The summed E-state index contributed by atoms with van der Waals surface area (Å²) in [4.78, 5) is 11.6. The fourth-order valence-corrected chi connectivity index (χ4v) is 1.15. The monoisotopic (exact) mass is 231 g/mol. The van der Waals surface area contributed by atoms with Gasteiger partial charge in [0.25, 0.3) is 0 Å². The van der Waals surface area contributed by atoms with Crippen molar-refractivity contribution in [2.75, 3.05) is 11.6 Å². The molecule has 0 fully saturated rings. The van der Waals surface area contributed by atoms with Gasteiger partial charge in [0.1, 0.15) is 10.6 Å². The average molecular weight is 231 g/mol. The van der Waals surface area contributed by atoms with Crippen molar-refractivity contribution in [3.63, 3.8) is 0 Å². The van der Waals surface area contributed by atoms with E-state index in [9.17, 15) is 13.2 Å². The third-order valence-electron chi connectivity index (χ3n) is 2.22. The number of nitrogens with one attached hydrogen (secondary N) is 2. The molecule has 84 valence electrons. The normalized spacial score (nSPS) is 12.5. The van der Waals surface area contributed by atoms with Gasteiger partial charge >= 0.3 is 0 Å². The SMILES string of the molecule is CC(C)(C(=O)Nc1ccn[nH]1)S(C)(=O)=O. The van der Waals surface area contributed by atoms with Crippen LogP contribution in [0.15, 0.2) is 12.3 Å². The van der Waals surface area contributed by atoms with Crippen LogP contribution in [-0.2, 0) is 14.6 Å². The average Bonchev–Trinajstić information content (AvgIpc) is 2.54. The minimum Gasteiger partial charge on any atom is -0.310 e. The quantitative estimate of drug-likeness (QED) is 0.775. The molecule has 0 radical (unpaired) electrons. The van der Waals surface area contributed by atoms with E-state index in [0.29, 0.717) is 5.82 Å². The van der Waals surface area contributed by atoms with E-state index in [1.165, 1.54) is 26.1 Å². The fourth-order valence-electron chi connectivity index (χ4n) is 0.767. The molecule has 0 unspecified atom stereocenters. The van der Waals surface area contributed by atoms with Crippen molar-refractivity contribution in [2.24, 2.45) is 0 Å². The van der Waals surface area contributed by atoms with Gasteiger partial charge < -0.3 is 5.32 Å². The highest BCUT2D eigenvalue weighted by atomic mass is 32.2. The standard InChI is InChI=1S/C8H13N3O3S/c1-8(2,15(3,13)14)7(12)10-6-4-5-9-11-6/h4-5H,1-3H3,(H2,9,10,11,12).